The van der Waals surface area contributed by atoms with E-state index in [9.17, 15) is 9.18 Å². The van der Waals surface area contributed by atoms with Gasteiger partial charge in [0.15, 0.2) is 0 Å². The normalized spacial score (nSPS) is 11.0. The van der Waals surface area contributed by atoms with E-state index < -0.39 is 11.4 Å². The second kappa shape index (κ2) is 6.05. The molecule has 0 aliphatic carbocycles. The van der Waals surface area contributed by atoms with Gasteiger partial charge in [-0.15, -0.1) is 0 Å². The number of hydrogen-bond donors (Lipinski definition) is 1. The van der Waals surface area contributed by atoms with Crippen molar-refractivity contribution in [2.24, 2.45) is 0 Å². The van der Waals surface area contributed by atoms with E-state index in [1.807, 2.05) is 26.0 Å². The zero-order chi connectivity index (χ0) is 16.6. The maximum absolute atomic E-state index is 13.1. The van der Waals surface area contributed by atoms with Crippen molar-refractivity contribution >= 4 is 28.3 Å². The van der Waals surface area contributed by atoms with Gasteiger partial charge in [0.2, 0.25) is 0 Å². The number of nitrogens with one attached hydrogen (secondary N) is 1. The van der Waals surface area contributed by atoms with Crippen LogP contribution in [0.5, 0.6) is 0 Å². The van der Waals surface area contributed by atoms with Crippen molar-refractivity contribution in [3.05, 3.63) is 74.3 Å². The lowest BCUT2D eigenvalue weighted by Crippen LogP contribution is -2.07. The van der Waals surface area contributed by atoms with Crippen LogP contribution in [0.3, 0.4) is 0 Å². The van der Waals surface area contributed by atoms with Gasteiger partial charge in [-0.1, -0.05) is 23.7 Å². The molecule has 0 saturated carbocycles. The first-order valence-corrected chi connectivity index (χ1v) is 7.55. The minimum Gasteiger partial charge on any atom is -0.422 e. The van der Waals surface area contributed by atoms with Gasteiger partial charge in [-0.3, -0.25) is 0 Å². The van der Waals surface area contributed by atoms with Gasteiger partial charge in [0.1, 0.15) is 11.4 Å². The highest BCUT2D eigenvalue weighted by molar-refractivity contribution is 6.33. The van der Waals surface area contributed by atoms with Crippen LogP contribution in [0.2, 0.25) is 5.02 Å². The fraction of sp³-hybridized carbons (Fsp3) is 0.167. The van der Waals surface area contributed by atoms with E-state index in [1.165, 1.54) is 18.2 Å². The van der Waals surface area contributed by atoms with Crippen LogP contribution < -0.4 is 10.9 Å². The molecule has 5 heteroatoms. The van der Waals surface area contributed by atoms with E-state index >= 15 is 0 Å². The van der Waals surface area contributed by atoms with Crippen molar-refractivity contribution in [1.29, 1.82) is 0 Å². The minimum absolute atomic E-state index is 0.296. The standard InChI is InChI=1S/C18H15ClFNO2/c1-10-3-5-14-12(7-17(22)23-18(14)11(10)2)9-21-16-6-4-13(20)8-15(16)19/h3-8,21H,9H2,1-2H3. The quantitative estimate of drug-likeness (QED) is 0.700. The molecule has 3 aromatic rings. The third-order valence-electron chi connectivity index (χ3n) is 3.92. The molecule has 0 amide bonds. The summed E-state index contributed by atoms with van der Waals surface area (Å²) in [6.45, 7) is 4.28. The van der Waals surface area contributed by atoms with Crippen LogP contribution in [0.25, 0.3) is 11.0 Å². The Hall–Kier alpha value is -2.33. The first-order valence-electron chi connectivity index (χ1n) is 7.17. The zero-order valence-electron chi connectivity index (χ0n) is 12.7. The molecule has 0 bridgehead atoms. The van der Waals surface area contributed by atoms with Gasteiger partial charge in [0.25, 0.3) is 0 Å². The smallest absolute Gasteiger partial charge is 0.336 e. The highest BCUT2D eigenvalue weighted by atomic mass is 35.5. The zero-order valence-corrected chi connectivity index (χ0v) is 13.5. The number of aryl methyl sites for hydroxylation is 2. The summed E-state index contributed by atoms with van der Waals surface area (Å²) >= 11 is 6.01. The molecule has 0 aliphatic rings. The van der Waals surface area contributed by atoms with Crippen LogP contribution in [-0.2, 0) is 6.54 Å². The average Bonchev–Trinajstić information content (AvgIpc) is 2.50. The van der Waals surface area contributed by atoms with Crippen LogP contribution in [0.15, 0.2) is 45.6 Å². The molecule has 0 atom stereocenters. The molecule has 0 saturated heterocycles. The first kappa shape index (κ1) is 15.6. The van der Waals surface area contributed by atoms with Gasteiger partial charge >= 0.3 is 5.63 Å². The van der Waals surface area contributed by atoms with Crippen molar-refractivity contribution in [1.82, 2.24) is 0 Å². The summed E-state index contributed by atoms with van der Waals surface area (Å²) in [5, 5.41) is 4.30. The topological polar surface area (TPSA) is 42.2 Å². The van der Waals surface area contributed by atoms with Gasteiger partial charge in [-0.25, -0.2) is 9.18 Å². The Morgan fingerprint density at radius 2 is 1.96 bits per heavy atom. The van der Waals surface area contributed by atoms with Crippen molar-refractivity contribution < 1.29 is 8.81 Å². The number of anilines is 1. The second-order valence-corrected chi connectivity index (χ2v) is 5.86. The summed E-state index contributed by atoms with van der Waals surface area (Å²) in [5.74, 6) is -0.391. The van der Waals surface area contributed by atoms with Gasteiger partial charge in [-0.2, -0.15) is 0 Å². The van der Waals surface area contributed by atoms with Crippen molar-refractivity contribution in [3.63, 3.8) is 0 Å². The lowest BCUT2D eigenvalue weighted by molar-refractivity contribution is 0.556. The van der Waals surface area contributed by atoms with Crippen LogP contribution in [0.4, 0.5) is 10.1 Å². The van der Waals surface area contributed by atoms with E-state index in [0.29, 0.717) is 22.8 Å². The van der Waals surface area contributed by atoms with Crippen molar-refractivity contribution in [2.45, 2.75) is 20.4 Å². The molecule has 0 radical (unpaired) electrons. The second-order valence-electron chi connectivity index (χ2n) is 5.45. The molecule has 3 rings (SSSR count). The Bertz CT molecular complexity index is 950. The number of benzene rings is 2. The molecule has 0 fully saturated rings. The van der Waals surface area contributed by atoms with Crippen molar-refractivity contribution in [3.8, 4) is 0 Å². The molecule has 1 heterocycles. The Balaban J connectivity index is 2.00. The molecule has 3 nitrogen and oxygen atoms in total. The molecule has 1 aromatic heterocycles. The fourth-order valence-electron chi connectivity index (χ4n) is 2.49. The average molecular weight is 332 g/mol. The maximum Gasteiger partial charge on any atom is 0.336 e. The van der Waals surface area contributed by atoms with E-state index in [-0.39, 0.29) is 0 Å². The fourth-order valence-corrected chi connectivity index (χ4v) is 2.73. The summed E-state index contributed by atoms with van der Waals surface area (Å²) in [5.41, 5.74) is 3.62. The van der Waals surface area contributed by atoms with Gasteiger partial charge in [0, 0.05) is 18.0 Å². The molecule has 1 N–H and O–H groups in total. The van der Waals surface area contributed by atoms with Gasteiger partial charge < -0.3 is 9.73 Å². The van der Waals surface area contributed by atoms with E-state index in [2.05, 4.69) is 5.32 Å². The Morgan fingerprint density at radius 3 is 2.70 bits per heavy atom. The Morgan fingerprint density at radius 1 is 1.17 bits per heavy atom. The number of rotatable bonds is 3. The van der Waals surface area contributed by atoms with Gasteiger partial charge in [-0.05, 0) is 48.7 Å². The van der Waals surface area contributed by atoms with Gasteiger partial charge in [0.05, 0.1) is 10.7 Å². The predicted octanol–water partition coefficient (Wildman–Crippen LogP) is 4.81. The van der Waals surface area contributed by atoms with Crippen LogP contribution in [0, 0.1) is 19.7 Å². The lowest BCUT2D eigenvalue weighted by Gasteiger charge is -2.11. The summed E-state index contributed by atoms with van der Waals surface area (Å²) < 4.78 is 18.4. The number of hydrogen-bond acceptors (Lipinski definition) is 3. The van der Waals surface area contributed by atoms with Crippen LogP contribution >= 0.6 is 11.6 Å². The molecule has 0 spiro atoms. The van der Waals surface area contributed by atoms with Crippen LogP contribution in [-0.4, -0.2) is 0 Å². The third-order valence-corrected chi connectivity index (χ3v) is 4.23. The van der Waals surface area contributed by atoms with E-state index in [1.54, 1.807) is 6.07 Å². The van der Waals surface area contributed by atoms with E-state index in [4.69, 9.17) is 16.0 Å². The highest BCUT2D eigenvalue weighted by Gasteiger charge is 2.10. The summed E-state index contributed by atoms with van der Waals surface area (Å²) in [4.78, 5) is 11.8. The molecule has 0 unspecified atom stereocenters. The monoisotopic (exact) mass is 331 g/mol. The summed E-state index contributed by atoms with van der Waals surface area (Å²) in [6, 6.07) is 9.53. The summed E-state index contributed by atoms with van der Waals surface area (Å²) in [7, 11) is 0. The number of fused-ring (bicyclic) bond motifs is 1. The SMILES string of the molecule is Cc1ccc2c(CNc3ccc(F)cc3Cl)cc(=O)oc2c1C. The van der Waals surface area contributed by atoms with Crippen molar-refractivity contribution in [2.75, 3.05) is 5.32 Å². The number of halogens is 2. The maximum atomic E-state index is 13.1. The minimum atomic E-state index is -0.395. The lowest BCUT2D eigenvalue weighted by atomic mass is 10.0. The van der Waals surface area contributed by atoms with E-state index in [0.717, 1.165) is 22.1 Å². The molecular weight excluding hydrogens is 317 g/mol. The Kier molecular flexibility index (Phi) is 4.09. The molecular formula is C18H15ClFNO2. The molecule has 2 aromatic carbocycles. The molecule has 23 heavy (non-hydrogen) atoms. The van der Waals surface area contributed by atoms with Crippen LogP contribution in [0.1, 0.15) is 16.7 Å². The first-order chi connectivity index (χ1) is 11.0. The largest absolute Gasteiger partial charge is 0.422 e. The molecule has 118 valence electrons. The predicted molar refractivity (Wildman–Crippen MR) is 90.7 cm³/mol. The third kappa shape index (κ3) is 3.08. The Labute approximate surface area is 137 Å². The molecule has 0 aliphatic heterocycles. The highest BCUT2D eigenvalue weighted by Crippen LogP contribution is 2.26. The summed E-state index contributed by atoms with van der Waals surface area (Å²) in [6.07, 6.45) is 0.